The second-order valence-corrected chi connectivity index (χ2v) is 8.51. The summed E-state index contributed by atoms with van der Waals surface area (Å²) < 4.78 is 10.8. The number of carbonyl (C=O) groups excluding carboxylic acids is 2. The Morgan fingerprint density at radius 2 is 2.03 bits per heavy atom. The number of urea groups is 1. The number of carbonyl (C=O) groups is 2. The highest BCUT2D eigenvalue weighted by Crippen LogP contribution is 2.41. The van der Waals surface area contributed by atoms with E-state index in [-0.39, 0.29) is 19.1 Å². The van der Waals surface area contributed by atoms with E-state index in [2.05, 4.69) is 5.32 Å². The Bertz CT molecular complexity index is 1030. The first-order valence-corrected chi connectivity index (χ1v) is 10.7. The molecule has 164 valence electrons. The molecule has 1 spiro atoms. The van der Waals surface area contributed by atoms with Gasteiger partial charge in [-0.25, -0.2) is 4.79 Å². The molecule has 1 aliphatic carbocycles. The van der Waals surface area contributed by atoms with Crippen molar-refractivity contribution in [1.29, 1.82) is 0 Å². The summed E-state index contributed by atoms with van der Waals surface area (Å²) in [5.41, 5.74) is 0.637. The second kappa shape index (κ2) is 8.57. The first kappa shape index (κ1) is 21.7. The van der Waals surface area contributed by atoms with Crippen LogP contribution < -0.4 is 14.8 Å². The van der Waals surface area contributed by atoms with Crippen molar-refractivity contribution in [2.45, 2.75) is 30.9 Å². The van der Waals surface area contributed by atoms with Crippen LogP contribution in [0.5, 0.6) is 11.5 Å². The molecule has 2 aromatic rings. The van der Waals surface area contributed by atoms with Crippen molar-refractivity contribution in [2.75, 3.05) is 20.3 Å². The van der Waals surface area contributed by atoms with Crippen molar-refractivity contribution in [3.8, 4) is 11.5 Å². The zero-order valence-corrected chi connectivity index (χ0v) is 18.4. The molecule has 1 saturated heterocycles. The number of aryl methyl sites for hydroxylation is 1. The summed E-state index contributed by atoms with van der Waals surface area (Å²) in [5, 5.41) is 14.1. The quantitative estimate of drug-likeness (QED) is 0.638. The Hall–Kier alpha value is -2.48. The zero-order valence-electron chi connectivity index (χ0n) is 16.9. The van der Waals surface area contributed by atoms with Crippen molar-refractivity contribution < 1.29 is 24.2 Å². The van der Waals surface area contributed by atoms with E-state index >= 15 is 0 Å². The maximum absolute atomic E-state index is 13.3. The van der Waals surface area contributed by atoms with E-state index in [0.717, 1.165) is 28.9 Å². The smallest absolute Gasteiger partial charge is 0.325 e. The predicted octanol–water partition coefficient (Wildman–Crippen LogP) is 3.53. The summed E-state index contributed by atoms with van der Waals surface area (Å²) in [7, 11) is 1.59. The number of hydrogen-bond acceptors (Lipinski definition) is 5. The average Bonchev–Trinajstić information content (AvgIpc) is 2.97. The van der Waals surface area contributed by atoms with Crippen LogP contribution in [0.1, 0.15) is 24.0 Å². The lowest BCUT2D eigenvalue weighted by atomic mass is 9.76. The van der Waals surface area contributed by atoms with Gasteiger partial charge >= 0.3 is 6.03 Å². The number of hydrogen-bond donors (Lipinski definition) is 2. The standard InChI is InChI=1S/C22H22Cl2N2O5/c1-30-16-5-6-17-13(9-16)3-2-8-22(17)20(28)26(21(29)25-22)11-15(27)12-31-19-7-4-14(23)10-18(19)24/h4-7,9-10,15,27H,2-3,8,11-12H2,1H3,(H,25,29). The lowest BCUT2D eigenvalue weighted by Gasteiger charge is -2.33. The van der Waals surface area contributed by atoms with Crippen LogP contribution in [0.25, 0.3) is 0 Å². The van der Waals surface area contributed by atoms with Crippen molar-refractivity contribution in [3.63, 3.8) is 0 Å². The highest BCUT2D eigenvalue weighted by molar-refractivity contribution is 6.35. The number of imide groups is 1. The lowest BCUT2D eigenvalue weighted by molar-refractivity contribution is -0.133. The van der Waals surface area contributed by atoms with E-state index < -0.39 is 17.7 Å². The number of nitrogens with zero attached hydrogens (tertiary/aromatic N) is 1. The molecule has 0 aromatic heterocycles. The summed E-state index contributed by atoms with van der Waals surface area (Å²) in [4.78, 5) is 27.1. The first-order valence-electron chi connectivity index (χ1n) is 9.91. The molecule has 0 bridgehead atoms. The second-order valence-electron chi connectivity index (χ2n) is 7.67. The summed E-state index contributed by atoms with van der Waals surface area (Å²) in [6.45, 7) is -0.331. The molecule has 1 aliphatic heterocycles. The number of aliphatic hydroxyl groups is 1. The minimum absolute atomic E-state index is 0.140. The number of ether oxygens (including phenoxy) is 2. The molecule has 2 atom stereocenters. The number of benzene rings is 2. The minimum atomic E-state index is -1.11. The van der Waals surface area contributed by atoms with Gasteiger partial charge in [-0.15, -0.1) is 0 Å². The molecule has 0 saturated carbocycles. The van der Waals surface area contributed by atoms with Gasteiger partial charge in [0.25, 0.3) is 5.91 Å². The Balaban J connectivity index is 1.48. The summed E-state index contributed by atoms with van der Waals surface area (Å²) in [5.74, 6) is 0.694. The zero-order chi connectivity index (χ0) is 22.2. The maximum atomic E-state index is 13.3. The molecular weight excluding hydrogens is 443 g/mol. The lowest BCUT2D eigenvalue weighted by Crippen LogP contribution is -2.47. The molecular formula is C22H22Cl2N2O5. The van der Waals surface area contributed by atoms with Crippen molar-refractivity contribution in [2.24, 2.45) is 0 Å². The molecule has 0 radical (unpaired) electrons. The van der Waals surface area contributed by atoms with Gasteiger partial charge in [-0.2, -0.15) is 0 Å². The van der Waals surface area contributed by atoms with Gasteiger partial charge in [-0.05, 0) is 60.7 Å². The SMILES string of the molecule is COc1ccc2c(c1)CCCC21NC(=O)N(CC(O)COc2ccc(Cl)cc2Cl)C1=O. The fourth-order valence-electron chi connectivity index (χ4n) is 4.18. The Morgan fingerprint density at radius 1 is 1.23 bits per heavy atom. The Kier molecular flexibility index (Phi) is 6.01. The molecule has 2 N–H and O–H groups in total. The van der Waals surface area contributed by atoms with E-state index in [1.807, 2.05) is 12.1 Å². The molecule has 2 aromatic carbocycles. The molecule has 9 heteroatoms. The summed E-state index contributed by atoms with van der Waals surface area (Å²) in [6.07, 6.45) is 0.965. The number of amides is 3. The van der Waals surface area contributed by atoms with Gasteiger partial charge in [0.1, 0.15) is 29.7 Å². The average molecular weight is 465 g/mol. The third kappa shape index (κ3) is 4.05. The van der Waals surface area contributed by atoms with E-state index in [0.29, 0.717) is 28.0 Å². The van der Waals surface area contributed by atoms with Crippen molar-refractivity contribution in [3.05, 3.63) is 57.6 Å². The summed E-state index contributed by atoms with van der Waals surface area (Å²) in [6, 6.07) is 9.72. The number of nitrogens with one attached hydrogen (secondary N) is 1. The Labute approximate surface area is 189 Å². The number of methoxy groups -OCH3 is 1. The number of β-amino-alcohol motifs (C(OH)–C–C–N with tert-alkyl or cyclic N) is 1. The van der Waals surface area contributed by atoms with E-state index in [1.165, 1.54) is 6.07 Å². The van der Waals surface area contributed by atoms with Crippen LogP contribution in [0.15, 0.2) is 36.4 Å². The van der Waals surface area contributed by atoms with Gasteiger partial charge in [0.2, 0.25) is 0 Å². The highest BCUT2D eigenvalue weighted by Gasteiger charge is 2.54. The number of aliphatic hydroxyl groups excluding tert-OH is 1. The number of halogens is 2. The summed E-state index contributed by atoms with van der Waals surface area (Å²) >= 11 is 11.9. The van der Waals surface area contributed by atoms with Gasteiger partial charge < -0.3 is 19.9 Å². The monoisotopic (exact) mass is 464 g/mol. The molecule has 2 unspecified atom stereocenters. The minimum Gasteiger partial charge on any atom is -0.497 e. The van der Waals surface area contributed by atoms with Crippen LogP contribution in [0.3, 0.4) is 0 Å². The fraction of sp³-hybridized carbons (Fsp3) is 0.364. The van der Waals surface area contributed by atoms with Crippen LogP contribution >= 0.6 is 23.2 Å². The molecule has 2 aliphatic rings. The fourth-order valence-corrected chi connectivity index (χ4v) is 4.65. The van der Waals surface area contributed by atoms with Crippen LogP contribution in [-0.2, 0) is 16.8 Å². The topological polar surface area (TPSA) is 88.1 Å². The van der Waals surface area contributed by atoms with Gasteiger partial charge in [0.15, 0.2) is 0 Å². The first-order chi connectivity index (χ1) is 14.8. The molecule has 1 fully saturated rings. The van der Waals surface area contributed by atoms with Crippen LogP contribution in [-0.4, -0.2) is 48.3 Å². The molecule has 1 heterocycles. The normalized spacial score (nSPS) is 21.1. The Morgan fingerprint density at radius 3 is 2.77 bits per heavy atom. The van der Waals surface area contributed by atoms with Gasteiger partial charge in [0.05, 0.1) is 18.7 Å². The van der Waals surface area contributed by atoms with E-state index in [1.54, 1.807) is 25.3 Å². The van der Waals surface area contributed by atoms with Gasteiger partial charge in [-0.3, -0.25) is 9.69 Å². The molecule has 31 heavy (non-hydrogen) atoms. The third-order valence-electron chi connectivity index (χ3n) is 5.66. The largest absolute Gasteiger partial charge is 0.497 e. The number of fused-ring (bicyclic) bond motifs is 2. The van der Waals surface area contributed by atoms with Crippen molar-refractivity contribution >= 4 is 35.1 Å². The maximum Gasteiger partial charge on any atom is 0.325 e. The van der Waals surface area contributed by atoms with Crippen LogP contribution in [0, 0.1) is 0 Å². The molecule has 3 amide bonds. The van der Waals surface area contributed by atoms with Crippen LogP contribution in [0.4, 0.5) is 4.79 Å². The van der Waals surface area contributed by atoms with Crippen molar-refractivity contribution in [1.82, 2.24) is 10.2 Å². The predicted molar refractivity (Wildman–Crippen MR) is 116 cm³/mol. The van der Waals surface area contributed by atoms with Gasteiger partial charge in [-0.1, -0.05) is 29.3 Å². The van der Waals surface area contributed by atoms with Gasteiger partial charge in [0, 0.05) is 5.02 Å². The van der Waals surface area contributed by atoms with E-state index in [4.69, 9.17) is 32.7 Å². The van der Waals surface area contributed by atoms with E-state index in [9.17, 15) is 14.7 Å². The highest BCUT2D eigenvalue weighted by atomic mass is 35.5. The number of rotatable bonds is 6. The molecule has 4 rings (SSSR count). The third-order valence-corrected chi connectivity index (χ3v) is 6.19. The molecule has 7 nitrogen and oxygen atoms in total. The van der Waals surface area contributed by atoms with Crippen LogP contribution in [0.2, 0.25) is 10.0 Å².